The molecular formula is C13H22N4O. The quantitative estimate of drug-likeness (QED) is 0.885. The maximum absolute atomic E-state index is 12.0. The van der Waals surface area contributed by atoms with E-state index in [1.54, 1.807) is 0 Å². The summed E-state index contributed by atoms with van der Waals surface area (Å²) in [5.41, 5.74) is 1.06. The third kappa shape index (κ3) is 2.66. The molecule has 0 spiro atoms. The van der Waals surface area contributed by atoms with Gasteiger partial charge >= 0.3 is 6.03 Å². The van der Waals surface area contributed by atoms with Crippen molar-refractivity contribution >= 4 is 6.03 Å². The Bertz CT molecular complexity index is 423. The van der Waals surface area contributed by atoms with Gasteiger partial charge < -0.3 is 14.8 Å². The van der Waals surface area contributed by atoms with Crippen molar-refractivity contribution in [1.82, 2.24) is 19.8 Å². The molecule has 1 aromatic rings. The molecule has 0 fully saturated rings. The van der Waals surface area contributed by atoms with E-state index >= 15 is 0 Å². The molecule has 0 aliphatic carbocycles. The maximum Gasteiger partial charge on any atom is 0.317 e. The molecule has 1 N–H and O–H groups in total. The lowest BCUT2D eigenvalue weighted by atomic mass is 10.1. The first-order valence-electron chi connectivity index (χ1n) is 6.72. The van der Waals surface area contributed by atoms with E-state index in [2.05, 4.69) is 21.1 Å². The van der Waals surface area contributed by atoms with Gasteiger partial charge in [-0.1, -0.05) is 0 Å². The van der Waals surface area contributed by atoms with Crippen LogP contribution in [0.2, 0.25) is 0 Å². The number of hydrogen-bond donors (Lipinski definition) is 1. The average Bonchev–Trinajstić information content (AvgIpc) is 2.70. The van der Waals surface area contributed by atoms with E-state index < -0.39 is 0 Å². The number of nitrogens with zero attached hydrogens (tertiary/aromatic N) is 3. The van der Waals surface area contributed by atoms with Gasteiger partial charge in [-0.2, -0.15) is 0 Å². The zero-order valence-electron chi connectivity index (χ0n) is 11.4. The Morgan fingerprint density at radius 2 is 2.28 bits per heavy atom. The van der Waals surface area contributed by atoms with Crippen LogP contribution in [0.25, 0.3) is 0 Å². The highest BCUT2D eigenvalue weighted by molar-refractivity contribution is 5.74. The van der Waals surface area contributed by atoms with Crippen molar-refractivity contribution in [1.29, 1.82) is 0 Å². The third-order valence-corrected chi connectivity index (χ3v) is 3.49. The molecule has 5 heteroatoms. The Kier molecular flexibility index (Phi) is 3.89. The highest BCUT2D eigenvalue weighted by Crippen LogP contribution is 2.15. The number of rotatable bonds is 3. The first-order valence-corrected chi connectivity index (χ1v) is 6.72. The molecule has 18 heavy (non-hydrogen) atoms. The van der Waals surface area contributed by atoms with Crippen LogP contribution in [0.15, 0.2) is 6.20 Å². The molecule has 1 atom stereocenters. The van der Waals surface area contributed by atoms with Crippen LogP contribution in [-0.2, 0) is 13.0 Å². The van der Waals surface area contributed by atoms with Crippen molar-refractivity contribution in [2.45, 2.75) is 46.2 Å². The van der Waals surface area contributed by atoms with Gasteiger partial charge in [-0.25, -0.2) is 9.78 Å². The summed E-state index contributed by atoms with van der Waals surface area (Å²) in [6, 6.07) is 0.268. The van der Waals surface area contributed by atoms with Crippen molar-refractivity contribution < 1.29 is 4.79 Å². The SMILES string of the molecule is CCN(CC)C(=O)NC1CCc2nc(C)cn2C1. The summed E-state index contributed by atoms with van der Waals surface area (Å²) in [6.07, 6.45) is 3.98. The Labute approximate surface area is 108 Å². The fourth-order valence-corrected chi connectivity index (χ4v) is 2.48. The van der Waals surface area contributed by atoms with Gasteiger partial charge in [0.15, 0.2) is 0 Å². The fourth-order valence-electron chi connectivity index (χ4n) is 2.48. The number of amides is 2. The van der Waals surface area contributed by atoms with Crippen LogP contribution in [0.1, 0.15) is 31.8 Å². The molecule has 2 heterocycles. The highest BCUT2D eigenvalue weighted by atomic mass is 16.2. The molecular weight excluding hydrogens is 228 g/mol. The molecule has 2 rings (SSSR count). The molecule has 5 nitrogen and oxygen atoms in total. The lowest BCUT2D eigenvalue weighted by Crippen LogP contribution is -2.47. The van der Waals surface area contributed by atoms with E-state index in [4.69, 9.17) is 0 Å². The van der Waals surface area contributed by atoms with Crippen LogP contribution < -0.4 is 5.32 Å². The molecule has 100 valence electrons. The van der Waals surface area contributed by atoms with Gasteiger partial charge in [-0.15, -0.1) is 0 Å². The van der Waals surface area contributed by atoms with Gasteiger partial charge in [-0.3, -0.25) is 0 Å². The number of carbonyl (C=O) groups excluding carboxylic acids is 1. The van der Waals surface area contributed by atoms with Gasteiger partial charge in [-0.05, 0) is 27.2 Å². The normalized spacial score (nSPS) is 18.3. The van der Waals surface area contributed by atoms with Crippen LogP contribution in [0.5, 0.6) is 0 Å². The molecule has 2 amide bonds. The van der Waals surface area contributed by atoms with E-state index in [-0.39, 0.29) is 12.1 Å². The number of aryl methyl sites for hydroxylation is 2. The third-order valence-electron chi connectivity index (χ3n) is 3.49. The summed E-state index contributed by atoms with van der Waals surface area (Å²) in [5.74, 6) is 1.14. The summed E-state index contributed by atoms with van der Waals surface area (Å²) in [7, 11) is 0. The number of imidazole rings is 1. The van der Waals surface area contributed by atoms with Gasteiger partial charge in [0.2, 0.25) is 0 Å². The molecule has 1 aliphatic rings. The van der Waals surface area contributed by atoms with Gasteiger partial charge in [0.25, 0.3) is 0 Å². The molecule has 0 saturated heterocycles. The minimum absolute atomic E-state index is 0.0466. The molecule has 0 bridgehead atoms. The lowest BCUT2D eigenvalue weighted by Gasteiger charge is -2.28. The number of aromatic nitrogens is 2. The fraction of sp³-hybridized carbons (Fsp3) is 0.692. The molecule has 1 unspecified atom stereocenters. The first kappa shape index (κ1) is 12.9. The largest absolute Gasteiger partial charge is 0.333 e. The maximum atomic E-state index is 12.0. The molecule has 0 aromatic carbocycles. The zero-order valence-corrected chi connectivity index (χ0v) is 11.4. The lowest BCUT2D eigenvalue weighted by molar-refractivity contribution is 0.195. The van der Waals surface area contributed by atoms with Gasteiger partial charge in [0, 0.05) is 38.3 Å². The summed E-state index contributed by atoms with van der Waals surface area (Å²) < 4.78 is 2.16. The van der Waals surface area contributed by atoms with E-state index in [9.17, 15) is 4.79 Å². The number of nitrogens with one attached hydrogen (secondary N) is 1. The highest BCUT2D eigenvalue weighted by Gasteiger charge is 2.22. The van der Waals surface area contributed by atoms with Gasteiger partial charge in [0.1, 0.15) is 5.82 Å². The average molecular weight is 250 g/mol. The van der Waals surface area contributed by atoms with Crippen LogP contribution in [-0.4, -0.2) is 39.6 Å². The zero-order chi connectivity index (χ0) is 13.1. The standard InChI is InChI=1S/C13H22N4O/c1-4-16(5-2)13(18)15-11-6-7-12-14-10(3)8-17(12)9-11/h8,11H,4-7,9H2,1-3H3,(H,15,18). The van der Waals surface area contributed by atoms with Gasteiger partial charge in [0.05, 0.1) is 5.69 Å². The number of carbonyl (C=O) groups is 1. The van der Waals surface area contributed by atoms with Crippen LogP contribution in [0.4, 0.5) is 4.79 Å². The summed E-state index contributed by atoms with van der Waals surface area (Å²) in [4.78, 5) is 18.3. The minimum Gasteiger partial charge on any atom is -0.333 e. The Morgan fingerprint density at radius 3 is 2.94 bits per heavy atom. The van der Waals surface area contributed by atoms with Crippen molar-refractivity contribution in [2.24, 2.45) is 0 Å². The van der Waals surface area contributed by atoms with E-state index in [1.807, 2.05) is 25.7 Å². The molecule has 1 aromatic heterocycles. The van der Waals surface area contributed by atoms with E-state index in [1.165, 1.54) is 0 Å². The van der Waals surface area contributed by atoms with E-state index in [0.717, 1.165) is 44.0 Å². The van der Waals surface area contributed by atoms with Crippen molar-refractivity contribution in [2.75, 3.05) is 13.1 Å². The second-order valence-electron chi connectivity index (χ2n) is 4.81. The van der Waals surface area contributed by atoms with Crippen LogP contribution in [0, 0.1) is 6.92 Å². The van der Waals surface area contributed by atoms with E-state index in [0.29, 0.717) is 0 Å². The molecule has 0 saturated carbocycles. The number of hydrogen-bond acceptors (Lipinski definition) is 2. The van der Waals surface area contributed by atoms with Crippen molar-refractivity contribution in [3.8, 4) is 0 Å². The second kappa shape index (κ2) is 5.42. The second-order valence-corrected chi connectivity index (χ2v) is 4.81. The first-order chi connectivity index (χ1) is 8.63. The Hall–Kier alpha value is -1.52. The summed E-state index contributed by atoms with van der Waals surface area (Å²) in [6.45, 7) is 8.36. The minimum atomic E-state index is 0.0466. The van der Waals surface area contributed by atoms with Crippen molar-refractivity contribution in [3.05, 3.63) is 17.7 Å². The molecule has 1 aliphatic heterocycles. The Balaban J connectivity index is 1.95. The number of fused-ring (bicyclic) bond motifs is 1. The molecule has 0 radical (unpaired) electrons. The predicted octanol–water partition coefficient (Wildman–Crippen LogP) is 1.56. The monoisotopic (exact) mass is 250 g/mol. The topological polar surface area (TPSA) is 50.2 Å². The smallest absolute Gasteiger partial charge is 0.317 e. The van der Waals surface area contributed by atoms with Crippen molar-refractivity contribution in [3.63, 3.8) is 0 Å². The summed E-state index contributed by atoms with van der Waals surface area (Å²) in [5, 5.41) is 3.11. The van der Waals surface area contributed by atoms with Crippen LogP contribution in [0.3, 0.4) is 0 Å². The Morgan fingerprint density at radius 1 is 1.56 bits per heavy atom. The predicted molar refractivity (Wildman–Crippen MR) is 70.5 cm³/mol. The van der Waals surface area contributed by atoms with Crippen LogP contribution >= 0.6 is 0 Å². The number of urea groups is 1. The summed E-state index contributed by atoms with van der Waals surface area (Å²) >= 11 is 0.